The highest BCUT2D eigenvalue weighted by molar-refractivity contribution is 5.44. The zero-order valence-electron chi connectivity index (χ0n) is 15.6. The minimum Gasteiger partial charge on any atom is -0.497 e. The van der Waals surface area contributed by atoms with Crippen molar-refractivity contribution in [3.05, 3.63) is 71.4 Å². The van der Waals surface area contributed by atoms with Crippen molar-refractivity contribution >= 4 is 0 Å². The number of methoxy groups -OCH3 is 1. The Hall–Kier alpha value is -2.96. The molecule has 0 spiro atoms. The number of hydrogen-bond donors (Lipinski definition) is 0. The number of para-hydroxylation sites is 1. The Kier molecular flexibility index (Phi) is 4.53. The third-order valence-electron chi connectivity index (χ3n) is 5.02. The van der Waals surface area contributed by atoms with Gasteiger partial charge in [-0.1, -0.05) is 29.4 Å². The van der Waals surface area contributed by atoms with Gasteiger partial charge in [0.1, 0.15) is 11.5 Å². The van der Waals surface area contributed by atoms with Gasteiger partial charge in [0, 0.05) is 0 Å². The summed E-state index contributed by atoms with van der Waals surface area (Å²) in [5.41, 5.74) is 0.127. The highest BCUT2D eigenvalue weighted by Crippen LogP contribution is 2.53. The lowest BCUT2D eigenvalue weighted by Crippen LogP contribution is -2.18. The molecule has 28 heavy (non-hydrogen) atoms. The average molecular weight is 386 g/mol. The Morgan fingerprint density at radius 3 is 2.64 bits per heavy atom. The average Bonchev–Trinajstić information content (AvgIpc) is 3.37. The number of benzene rings is 2. The lowest BCUT2D eigenvalue weighted by molar-refractivity contribution is 0.00509. The minimum atomic E-state index is -3.46. The van der Waals surface area contributed by atoms with Crippen LogP contribution in [0.4, 0.5) is 8.78 Å². The van der Waals surface area contributed by atoms with Crippen LogP contribution >= 0.6 is 0 Å². The lowest BCUT2D eigenvalue weighted by atomic mass is 9.95. The molecule has 1 saturated carbocycles. The van der Waals surface area contributed by atoms with Gasteiger partial charge in [0.2, 0.25) is 0 Å². The maximum atomic E-state index is 15.1. The van der Waals surface area contributed by atoms with Crippen molar-refractivity contribution in [1.29, 1.82) is 0 Å². The van der Waals surface area contributed by atoms with Crippen molar-refractivity contribution in [1.82, 2.24) is 10.1 Å². The molecule has 5 nitrogen and oxygen atoms in total. The molecule has 0 N–H and O–H groups in total. The molecule has 1 aliphatic carbocycles. The molecule has 0 radical (unpaired) electrons. The van der Waals surface area contributed by atoms with Crippen LogP contribution in [0.2, 0.25) is 0 Å². The molecule has 1 heterocycles. The van der Waals surface area contributed by atoms with E-state index in [1.54, 1.807) is 20.1 Å². The van der Waals surface area contributed by atoms with Crippen LogP contribution in [0.15, 0.2) is 53.1 Å². The van der Waals surface area contributed by atoms with Crippen molar-refractivity contribution < 1.29 is 22.8 Å². The van der Waals surface area contributed by atoms with Crippen LogP contribution in [-0.2, 0) is 11.3 Å². The Morgan fingerprint density at radius 1 is 1.14 bits per heavy atom. The molecule has 0 aliphatic heterocycles. The van der Waals surface area contributed by atoms with E-state index in [1.807, 2.05) is 24.3 Å². The van der Waals surface area contributed by atoms with E-state index in [9.17, 15) is 0 Å². The van der Waals surface area contributed by atoms with Gasteiger partial charge < -0.3 is 14.0 Å². The summed E-state index contributed by atoms with van der Waals surface area (Å²) < 4.78 is 45.9. The van der Waals surface area contributed by atoms with Crippen LogP contribution in [0, 0.1) is 0 Å². The summed E-state index contributed by atoms with van der Waals surface area (Å²) in [6, 6.07) is 13.5. The Bertz CT molecular complexity index is 983. The van der Waals surface area contributed by atoms with E-state index < -0.39 is 17.2 Å². The van der Waals surface area contributed by atoms with Gasteiger partial charge in [-0.15, -0.1) is 0 Å². The fourth-order valence-corrected chi connectivity index (χ4v) is 3.36. The summed E-state index contributed by atoms with van der Waals surface area (Å²) in [4.78, 5) is 4.10. The summed E-state index contributed by atoms with van der Waals surface area (Å²) in [5, 5.41) is 3.90. The van der Waals surface area contributed by atoms with E-state index >= 15 is 8.78 Å². The molecule has 146 valence electrons. The predicted molar refractivity (Wildman–Crippen MR) is 97.9 cm³/mol. The van der Waals surface area contributed by atoms with Crippen LogP contribution in [-0.4, -0.2) is 23.9 Å². The van der Waals surface area contributed by atoms with Crippen molar-refractivity contribution in [3.63, 3.8) is 0 Å². The standard InChI is InChI=1S/C21H20F2N2O3/c1-3-27-17-10-5-4-9-16(17)21(22,23)19-24-18(25-28-19)20(11-12-20)14-7-6-8-15(13-14)26-2/h4-10,13H,3,11-12H2,1-2H3. The first-order valence-corrected chi connectivity index (χ1v) is 9.10. The van der Waals surface area contributed by atoms with Crippen LogP contribution in [0.1, 0.15) is 42.6 Å². The molecule has 0 atom stereocenters. The van der Waals surface area contributed by atoms with E-state index in [0.29, 0.717) is 5.75 Å². The highest BCUT2D eigenvalue weighted by Gasteiger charge is 2.52. The number of halogens is 2. The van der Waals surface area contributed by atoms with Gasteiger partial charge in [-0.2, -0.15) is 13.8 Å². The molecular weight excluding hydrogens is 366 g/mol. The summed E-state index contributed by atoms with van der Waals surface area (Å²) in [5.74, 6) is -3.12. The number of hydrogen-bond acceptors (Lipinski definition) is 5. The Labute approximate surface area is 161 Å². The zero-order chi connectivity index (χ0) is 19.8. The molecule has 1 aromatic heterocycles. The molecule has 0 unspecified atom stereocenters. The van der Waals surface area contributed by atoms with Crippen molar-refractivity contribution in [2.24, 2.45) is 0 Å². The van der Waals surface area contributed by atoms with Gasteiger partial charge >= 0.3 is 11.8 Å². The van der Waals surface area contributed by atoms with Gasteiger partial charge in [-0.3, -0.25) is 0 Å². The van der Waals surface area contributed by atoms with Gasteiger partial charge in [-0.05, 0) is 49.6 Å². The van der Waals surface area contributed by atoms with E-state index in [0.717, 1.165) is 18.4 Å². The second-order valence-corrected chi connectivity index (χ2v) is 6.74. The maximum absolute atomic E-state index is 15.1. The molecule has 1 fully saturated rings. The first-order chi connectivity index (χ1) is 13.5. The largest absolute Gasteiger partial charge is 0.497 e. The van der Waals surface area contributed by atoms with Crippen molar-refractivity contribution in [2.45, 2.75) is 31.1 Å². The quantitative estimate of drug-likeness (QED) is 0.589. The predicted octanol–water partition coefficient (Wildman–Crippen LogP) is 4.70. The van der Waals surface area contributed by atoms with Crippen molar-refractivity contribution in [3.8, 4) is 11.5 Å². The molecule has 3 aromatic rings. The molecule has 1 aliphatic rings. The van der Waals surface area contributed by atoms with E-state index in [-0.39, 0.29) is 23.7 Å². The number of aromatic nitrogens is 2. The lowest BCUT2D eigenvalue weighted by Gasteiger charge is -2.16. The highest BCUT2D eigenvalue weighted by atomic mass is 19.3. The topological polar surface area (TPSA) is 57.4 Å². The van der Waals surface area contributed by atoms with Crippen LogP contribution < -0.4 is 9.47 Å². The van der Waals surface area contributed by atoms with E-state index in [4.69, 9.17) is 14.0 Å². The Morgan fingerprint density at radius 2 is 1.93 bits per heavy atom. The molecule has 7 heteroatoms. The van der Waals surface area contributed by atoms with Gasteiger partial charge in [-0.25, -0.2) is 0 Å². The number of ether oxygens (including phenoxy) is 2. The normalized spacial score (nSPS) is 15.3. The van der Waals surface area contributed by atoms with Gasteiger partial charge in [0.05, 0.1) is 24.7 Å². The summed E-state index contributed by atoms with van der Waals surface area (Å²) in [6.07, 6.45) is 1.53. The van der Waals surface area contributed by atoms with E-state index in [2.05, 4.69) is 10.1 Å². The summed E-state index contributed by atoms with van der Waals surface area (Å²) in [6.45, 7) is 2.02. The van der Waals surface area contributed by atoms with E-state index in [1.165, 1.54) is 18.2 Å². The smallest absolute Gasteiger partial charge is 0.353 e. The molecule has 4 rings (SSSR count). The fraction of sp³-hybridized carbons (Fsp3) is 0.333. The molecular formula is C21H20F2N2O3. The monoisotopic (exact) mass is 386 g/mol. The minimum absolute atomic E-state index is 0.101. The number of rotatable bonds is 7. The third-order valence-corrected chi connectivity index (χ3v) is 5.02. The summed E-state index contributed by atoms with van der Waals surface area (Å²) in [7, 11) is 1.58. The van der Waals surface area contributed by atoms with Crippen molar-refractivity contribution in [2.75, 3.05) is 13.7 Å². The Balaban J connectivity index is 1.69. The third kappa shape index (κ3) is 3.00. The summed E-state index contributed by atoms with van der Waals surface area (Å²) >= 11 is 0. The van der Waals surface area contributed by atoms with Crippen LogP contribution in [0.25, 0.3) is 0 Å². The molecule has 0 bridgehead atoms. The van der Waals surface area contributed by atoms with Crippen LogP contribution in [0.5, 0.6) is 11.5 Å². The SMILES string of the molecule is CCOc1ccccc1C(F)(F)c1nc(C2(c3cccc(OC)c3)CC2)no1. The molecule has 2 aromatic carbocycles. The van der Waals surface area contributed by atoms with Crippen LogP contribution in [0.3, 0.4) is 0 Å². The first-order valence-electron chi connectivity index (χ1n) is 9.10. The van der Waals surface area contributed by atoms with Gasteiger partial charge in [0.15, 0.2) is 5.82 Å². The molecule has 0 amide bonds. The second-order valence-electron chi connectivity index (χ2n) is 6.74. The fourth-order valence-electron chi connectivity index (χ4n) is 3.36. The second kappa shape index (κ2) is 6.89. The number of nitrogens with zero attached hydrogens (tertiary/aromatic N) is 2. The first kappa shape index (κ1) is 18.4. The molecule has 0 saturated heterocycles. The van der Waals surface area contributed by atoms with Gasteiger partial charge in [0.25, 0.3) is 0 Å². The number of alkyl halides is 2. The maximum Gasteiger partial charge on any atom is 0.353 e. The zero-order valence-corrected chi connectivity index (χ0v) is 15.6.